The minimum atomic E-state index is -1.26. The molecule has 12 rings (SSSR count). The Hall–Kier alpha value is -6.60. The number of alkyl halides is 1. The first-order chi connectivity index (χ1) is 34.7. The summed E-state index contributed by atoms with van der Waals surface area (Å²) in [5, 5.41) is 4.87. The van der Waals surface area contributed by atoms with E-state index in [9.17, 15) is 14.4 Å². The summed E-state index contributed by atoms with van der Waals surface area (Å²) in [7, 11) is 1.26. The molecule has 0 radical (unpaired) electrons. The first kappa shape index (κ1) is 45.5. The van der Waals surface area contributed by atoms with Crippen LogP contribution in [0, 0.1) is 11.8 Å². The number of ether oxygens (including phenoxy) is 4. The smallest absolute Gasteiger partial charge is 0.407 e. The lowest BCUT2D eigenvalue weighted by Gasteiger charge is -2.34. The summed E-state index contributed by atoms with van der Waals surface area (Å²) in [5.41, 5.74) is 12.8. The van der Waals surface area contributed by atoms with Gasteiger partial charge in [0.15, 0.2) is 0 Å². The van der Waals surface area contributed by atoms with E-state index in [1.165, 1.54) is 16.7 Å². The van der Waals surface area contributed by atoms with Gasteiger partial charge in [-0.3, -0.25) is 14.2 Å². The topological polar surface area (TPSA) is 195 Å². The molecule has 71 heavy (non-hydrogen) atoms. The summed E-state index contributed by atoms with van der Waals surface area (Å²) in [4.78, 5) is 61.5. The molecule has 0 spiro atoms. The number of methoxy groups -OCH3 is 1. The van der Waals surface area contributed by atoms with Gasteiger partial charge in [0, 0.05) is 66.2 Å². The van der Waals surface area contributed by atoms with Gasteiger partial charge >= 0.3 is 6.09 Å². The fourth-order valence-corrected chi connectivity index (χ4v) is 12.6. The number of aromatic amines is 2. The van der Waals surface area contributed by atoms with E-state index >= 15 is 4.39 Å². The van der Waals surface area contributed by atoms with Gasteiger partial charge < -0.3 is 49.8 Å². The molecule has 0 saturated carbocycles. The lowest BCUT2D eigenvalue weighted by atomic mass is 9.90. The van der Waals surface area contributed by atoms with Crippen molar-refractivity contribution in [2.45, 2.75) is 81.5 Å². The number of halogens is 1. The number of rotatable bonds is 10. The van der Waals surface area contributed by atoms with Crippen LogP contribution in [0.4, 0.5) is 9.18 Å². The number of carbonyl (C=O) groups is 3. The van der Waals surface area contributed by atoms with Crippen molar-refractivity contribution in [1.29, 1.82) is 0 Å². The van der Waals surface area contributed by atoms with Gasteiger partial charge in [-0.05, 0) is 98.2 Å². The predicted molar refractivity (Wildman–Crippen MR) is 265 cm³/mol. The van der Waals surface area contributed by atoms with E-state index < -0.39 is 36.6 Å². The van der Waals surface area contributed by atoms with Gasteiger partial charge in [0.2, 0.25) is 18.0 Å². The zero-order valence-electron chi connectivity index (χ0n) is 39.4. The number of nitrogens with one attached hydrogen (secondary N) is 3. The minimum absolute atomic E-state index is 0.0178. The summed E-state index contributed by atoms with van der Waals surface area (Å²) in [5.74, 6) is 1.52. The maximum absolute atomic E-state index is 15.3. The van der Waals surface area contributed by atoms with Crippen molar-refractivity contribution in [3.8, 4) is 39.5 Å². The Morgan fingerprint density at radius 1 is 0.817 bits per heavy atom. The number of benzene rings is 3. The highest BCUT2D eigenvalue weighted by Crippen LogP contribution is 2.48. The van der Waals surface area contributed by atoms with Gasteiger partial charge in [-0.2, -0.15) is 0 Å². The van der Waals surface area contributed by atoms with Crippen LogP contribution in [-0.4, -0.2) is 117 Å². The number of likely N-dealkylation sites (tertiary alicyclic amines) is 2. The maximum atomic E-state index is 15.3. The van der Waals surface area contributed by atoms with Gasteiger partial charge in [0.1, 0.15) is 29.6 Å². The summed E-state index contributed by atoms with van der Waals surface area (Å²) in [6, 6.07) is 23.0. The van der Waals surface area contributed by atoms with Gasteiger partial charge in [-0.15, -0.1) is 11.3 Å². The third-order valence-electron chi connectivity index (χ3n) is 15.3. The number of imidazole rings is 2. The standard InChI is InChI=1S/C53H56FN9O7S/c1-67-53(66)60-47(30-14-19-69-20-15-30)51(65)62-28-35(54)25-42(62)49-57-26-37(59-49)31-9-11-39-34(21-31)22-41-36-10-8-32(23-43(36)70-52(63(39)41)45-24-33-5-2-3-7-44(33)71-45)38-27-56-48(58-38)40-6-4-16-61(40)50(64)46(55)29-12-17-68-18-13-29/h2-3,5,7-11,21-24,26-27,29-30,35,40,42,46-47,52H,4,6,12-20,25,28,55H2,1H3,(H,56,58)(H,57,59)(H,60,66)/t35-,40+,42+,46+,47+,52?/m1/s1. The van der Waals surface area contributed by atoms with Crippen LogP contribution in [0.3, 0.4) is 0 Å². The maximum Gasteiger partial charge on any atom is 0.407 e. The van der Waals surface area contributed by atoms with E-state index in [1.54, 1.807) is 17.5 Å². The highest BCUT2D eigenvalue weighted by atomic mass is 32.1. The van der Waals surface area contributed by atoms with Crippen molar-refractivity contribution in [2.24, 2.45) is 17.6 Å². The third kappa shape index (κ3) is 8.43. The van der Waals surface area contributed by atoms with Crippen LogP contribution in [0.25, 0.3) is 54.8 Å². The molecule has 0 bridgehead atoms. The summed E-state index contributed by atoms with van der Waals surface area (Å²) < 4.78 is 41.8. The lowest BCUT2D eigenvalue weighted by Crippen LogP contribution is -2.53. The molecule has 3 amide bonds. The molecule has 6 atom stereocenters. The molecule has 5 aliphatic rings. The third-order valence-corrected chi connectivity index (χ3v) is 16.4. The van der Waals surface area contributed by atoms with E-state index in [0.29, 0.717) is 51.6 Å². The Morgan fingerprint density at radius 3 is 2.27 bits per heavy atom. The first-order valence-corrected chi connectivity index (χ1v) is 25.6. The van der Waals surface area contributed by atoms with Gasteiger partial charge in [-0.25, -0.2) is 19.2 Å². The van der Waals surface area contributed by atoms with Crippen molar-refractivity contribution in [1.82, 2.24) is 39.6 Å². The van der Waals surface area contributed by atoms with Crippen molar-refractivity contribution < 1.29 is 37.7 Å². The van der Waals surface area contributed by atoms with Crippen LogP contribution in [0.15, 0.2) is 85.2 Å². The monoisotopic (exact) mass is 981 g/mol. The molecule has 4 saturated heterocycles. The fourth-order valence-electron chi connectivity index (χ4n) is 11.5. The Bertz CT molecular complexity index is 3100. The second kappa shape index (κ2) is 18.9. The van der Waals surface area contributed by atoms with E-state index in [4.69, 9.17) is 34.6 Å². The number of aromatic nitrogens is 5. The van der Waals surface area contributed by atoms with Crippen molar-refractivity contribution in [3.05, 3.63) is 102 Å². The molecule has 16 nitrogen and oxygen atoms in total. The highest BCUT2D eigenvalue weighted by Gasteiger charge is 2.44. The van der Waals surface area contributed by atoms with Gasteiger partial charge in [0.05, 0.1) is 71.6 Å². The molecule has 0 aliphatic carbocycles. The molecule has 9 heterocycles. The number of amides is 3. The molecule has 5 N–H and O–H groups in total. The van der Waals surface area contributed by atoms with E-state index in [-0.39, 0.29) is 42.7 Å². The predicted octanol–water partition coefficient (Wildman–Crippen LogP) is 8.42. The van der Waals surface area contributed by atoms with Crippen LogP contribution in [0.1, 0.15) is 79.8 Å². The Morgan fingerprint density at radius 2 is 1.52 bits per heavy atom. The van der Waals surface area contributed by atoms with Crippen LogP contribution in [-0.2, 0) is 23.8 Å². The van der Waals surface area contributed by atoms with Crippen molar-refractivity contribution in [2.75, 3.05) is 46.6 Å². The summed E-state index contributed by atoms with van der Waals surface area (Å²) in [6.45, 7) is 2.77. The van der Waals surface area contributed by atoms with E-state index in [2.05, 4.69) is 80.5 Å². The second-order valence-electron chi connectivity index (χ2n) is 19.5. The summed E-state index contributed by atoms with van der Waals surface area (Å²) >= 11 is 1.71. The normalized spacial score (nSPS) is 22.6. The zero-order chi connectivity index (χ0) is 48.3. The van der Waals surface area contributed by atoms with Crippen molar-refractivity contribution >= 4 is 50.2 Å². The number of hydrogen-bond donors (Lipinski definition) is 4. The SMILES string of the molecule is COC(=O)N[C@H](C(=O)N1C[C@H](F)C[C@H]1c1ncc(-c2ccc3c(c2)cc2n3C(c3cc4ccccc4s3)Oc3cc(-c4cnc([C@@H]5CCCN5C(=O)[C@@H](N)C5CCOCC5)[nH]4)ccc3-2)[nH]1)C1CCOCC1. The number of fused-ring (bicyclic) bond motifs is 6. The number of carbonyl (C=O) groups excluding carboxylic acids is 3. The quantitative estimate of drug-likeness (QED) is 0.103. The number of hydrogen-bond acceptors (Lipinski definition) is 11. The number of nitrogens with two attached hydrogens (primary N) is 1. The van der Waals surface area contributed by atoms with Crippen molar-refractivity contribution in [3.63, 3.8) is 0 Å². The van der Waals surface area contributed by atoms with Crippen LogP contribution < -0.4 is 15.8 Å². The zero-order valence-corrected chi connectivity index (χ0v) is 40.2. The number of thiophene rings is 1. The van der Waals surface area contributed by atoms with Gasteiger partial charge in [0.25, 0.3) is 0 Å². The number of H-pyrrole nitrogens is 2. The Labute approximate surface area is 413 Å². The molecule has 1 unspecified atom stereocenters. The molecule has 4 fully saturated rings. The van der Waals surface area contributed by atoms with Crippen LogP contribution in [0.2, 0.25) is 0 Å². The van der Waals surface area contributed by atoms with Gasteiger partial charge in [-0.1, -0.05) is 30.3 Å². The first-order valence-electron chi connectivity index (χ1n) is 24.7. The fraction of sp³-hybridized carbons (Fsp3) is 0.415. The molecule has 3 aromatic carbocycles. The lowest BCUT2D eigenvalue weighted by molar-refractivity contribution is -0.137. The largest absolute Gasteiger partial charge is 0.464 e. The molecular weight excluding hydrogens is 926 g/mol. The number of nitrogens with zero attached hydrogens (tertiary/aromatic N) is 5. The van der Waals surface area contributed by atoms with E-state index in [1.807, 2.05) is 23.2 Å². The second-order valence-corrected chi connectivity index (χ2v) is 20.6. The number of alkyl carbamates (subject to hydrolysis) is 1. The van der Waals surface area contributed by atoms with E-state index in [0.717, 1.165) is 92.2 Å². The molecule has 7 aromatic rings. The highest BCUT2D eigenvalue weighted by molar-refractivity contribution is 7.19. The molecule has 18 heteroatoms. The molecule has 4 aromatic heterocycles. The molecule has 368 valence electrons. The minimum Gasteiger partial charge on any atom is -0.464 e. The molecule has 5 aliphatic heterocycles. The average Bonchev–Trinajstić information content (AvgIpc) is 4.28. The molecular formula is C53H56FN9O7S. The Kier molecular flexibility index (Phi) is 12.1. The van der Waals surface area contributed by atoms with Crippen LogP contribution in [0.5, 0.6) is 5.75 Å². The van der Waals surface area contributed by atoms with Crippen LogP contribution >= 0.6 is 11.3 Å². The average molecular weight is 982 g/mol. The summed E-state index contributed by atoms with van der Waals surface area (Å²) in [6.07, 6.45) is 5.67. The Balaban J connectivity index is 0.847.